The van der Waals surface area contributed by atoms with Crippen molar-refractivity contribution in [3.05, 3.63) is 24.0 Å². The van der Waals surface area contributed by atoms with Gasteiger partial charge in [-0.1, -0.05) is 0 Å². The van der Waals surface area contributed by atoms with Gasteiger partial charge in [0.25, 0.3) is 0 Å². The molecule has 0 bridgehead atoms. The molecule has 1 aliphatic heterocycles. The SMILES string of the molecule is CC(O)(c1ccc[nH]1)N1CCNCC1. The molecule has 1 unspecified atom stereocenters. The van der Waals surface area contributed by atoms with Gasteiger partial charge in [-0.2, -0.15) is 0 Å². The van der Waals surface area contributed by atoms with E-state index in [-0.39, 0.29) is 0 Å². The van der Waals surface area contributed by atoms with Crippen LogP contribution in [-0.4, -0.2) is 41.2 Å². The maximum Gasteiger partial charge on any atom is 0.156 e. The van der Waals surface area contributed by atoms with Crippen LogP contribution in [0.4, 0.5) is 0 Å². The molecule has 1 atom stereocenters. The molecule has 1 saturated heterocycles. The van der Waals surface area contributed by atoms with Crippen molar-refractivity contribution in [1.82, 2.24) is 15.2 Å². The minimum absolute atomic E-state index is 0.861. The second-order valence-corrected chi connectivity index (χ2v) is 3.84. The summed E-state index contributed by atoms with van der Waals surface area (Å²) < 4.78 is 0. The minimum Gasteiger partial charge on any atom is -0.370 e. The number of rotatable bonds is 2. The maximum atomic E-state index is 10.4. The van der Waals surface area contributed by atoms with Gasteiger partial charge in [0, 0.05) is 32.4 Å². The molecule has 0 radical (unpaired) electrons. The fraction of sp³-hybridized carbons (Fsp3) is 0.600. The van der Waals surface area contributed by atoms with Crippen molar-refractivity contribution in [1.29, 1.82) is 0 Å². The van der Waals surface area contributed by atoms with E-state index in [9.17, 15) is 5.11 Å². The second kappa shape index (κ2) is 3.73. The van der Waals surface area contributed by atoms with Crippen LogP contribution < -0.4 is 5.32 Å². The number of H-pyrrole nitrogens is 1. The Morgan fingerprint density at radius 2 is 2.14 bits per heavy atom. The van der Waals surface area contributed by atoms with Crippen LogP contribution in [0.1, 0.15) is 12.6 Å². The number of hydrogen-bond donors (Lipinski definition) is 3. The van der Waals surface area contributed by atoms with E-state index >= 15 is 0 Å². The lowest BCUT2D eigenvalue weighted by Gasteiger charge is -2.39. The average molecular weight is 195 g/mol. The van der Waals surface area contributed by atoms with Crippen LogP contribution in [0.25, 0.3) is 0 Å². The molecule has 14 heavy (non-hydrogen) atoms. The van der Waals surface area contributed by atoms with Crippen molar-refractivity contribution in [2.45, 2.75) is 12.6 Å². The van der Waals surface area contributed by atoms with E-state index in [1.54, 1.807) is 0 Å². The predicted octanol–water partition coefficient (Wildman–Crippen LogP) is 0.0849. The first kappa shape index (κ1) is 9.71. The van der Waals surface area contributed by atoms with Crippen molar-refractivity contribution >= 4 is 0 Å². The Hall–Kier alpha value is -0.840. The maximum absolute atomic E-state index is 10.4. The van der Waals surface area contributed by atoms with Gasteiger partial charge in [-0.25, -0.2) is 0 Å². The monoisotopic (exact) mass is 195 g/mol. The first-order chi connectivity index (χ1) is 6.71. The number of hydrogen-bond acceptors (Lipinski definition) is 3. The highest BCUT2D eigenvalue weighted by atomic mass is 16.3. The van der Waals surface area contributed by atoms with Gasteiger partial charge in [-0.15, -0.1) is 0 Å². The number of nitrogens with zero attached hydrogens (tertiary/aromatic N) is 1. The molecule has 2 heterocycles. The predicted molar refractivity (Wildman–Crippen MR) is 54.8 cm³/mol. The van der Waals surface area contributed by atoms with E-state index in [0.29, 0.717) is 0 Å². The third-order valence-electron chi connectivity index (χ3n) is 2.84. The van der Waals surface area contributed by atoms with Gasteiger partial charge >= 0.3 is 0 Å². The standard InChI is InChI=1S/C10H17N3O/c1-10(14,9-3-2-4-12-9)13-7-5-11-6-8-13/h2-4,11-12,14H,5-8H2,1H3. The van der Waals surface area contributed by atoms with Crippen LogP contribution in [0, 0.1) is 0 Å². The van der Waals surface area contributed by atoms with Crippen molar-refractivity contribution in [3.63, 3.8) is 0 Å². The zero-order valence-electron chi connectivity index (χ0n) is 8.45. The summed E-state index contributed by atoms with van der Waals surface area (Å²) in [5, 5.41) is 13.6. The van der Waals surface area contributed by atoms with Crippen LogP contribution in [0.15, 0.2) is 18.3 Å². The molecule has 0 aliphatic carbocycles. The summed E-state index contributed by atoms with van der Waals surface area (Å²) in [6.07, 6.45) is 1.84. The summed E-state index contributed by atoms with van der Waals surface area (Å²) in [6.45, 7) is 5.48. The van der Waals surface area contributed by atoms with E-state index in [4.69, 9.17) is 0 Å². The zero-order chi connectivity index (χ0) is 10.0. The van der Waals surface area contributed by atoms with Gasteiger partial charge in [-0.05, 0) is 19.1 Å². The molecule has 1 aromatic rings. The largest absolute Gasteiger partial charge is 0.370 e. The van der Waals surface area contributed by atoms with Gasteiger partial charge in [0.2, 0.25) is 0 Å². The Morgan fingerprint density at radius 1 is 1.43 bits per heavy atom. The first-order valence-corrected chi connectivity index (χ1v) is 5.03. The lowest BCUT2D eigenvalue weighted by atomic mass is 10.1. The Kier molecular flexibility index (Phi) is 2.58. The molecule has 78 valence electrons. The van der Waals surface area contributed by atoms with Crippen molar-refractivity contribution in [2.24, 2.45) is 0 Å². The summed E-state index contributed by atoms with van der Waals surface area (Å²) in [7, 11) is 0. The summed E-state index contributed by atoms with van der Waals surface area (Å²) in [4.78, 5) is 5.14. The van der Waals surface area contributed by atoms with E-state index in [0.717, 1.165) is 31.9 Å². The van der Waals surface area contributed by atoms with Crippen molar-refractivity contribution in [2.75, 3.05) is 26.2 Å². The normalized spacial score (nSPS) is 23.3. The topological polar surface area (TPSA) is 51.3 Å². The number of aromatic nitrogens is 1. The Labute approximate surface area is 83.9 Å². The van der Waals surface area contributed by atoms with Crippen LogP contribution in [-0.2, 0) is 5.72 Å². The molecule has 4 heteroatoms. The van der Waals surface area contributed by atoms with Gasteiger partial charge in [0.15, 0.2) is 5.72 Å². The summed E-state index contributed by atoms with van der Waals surface area (Å²) >= 11 is 0. The van der Waals surface area contributed by atoms with Crippen LogP contribution in [0.2, 0.25) is 0 Å². The van der Waals surface area contributed by atoms with Crippen LogP contribution >= 0.6 is 0 Å². The van der Waals surface area contributed by atoms with Gasteiger partial charge in [-0.3, -0.25) is 4.90 Å². The van der Waals surface area contributed by atoms with Crippen molar-refractivity contribution < 1.29 is 5.11 Å². The average Bonchev–Trinajstić information content (AvgIpc) is 2.72. The second-order valence-electron chi connectivity index (χ2n) is 3.84. The van der Waals surface area contributed by atoms with Gasteiger partial charge < -0.3 is 15.4 Å². The van der Waals surface area contributed by atoms with Crippen LogP contribution in [0.5, 0.6) is 0 Å². The lowest BCUT2D eigenvalue weighted by Crippen LogP contribution is -2.53. The van der Waals surface area contributed by atoms with E-state index in [2.05, 4.69) is 15.2 Å². The molecule has 0 saturated carbocycles. The highest BCUT2D eigenvalue weighted by Crippen LogP contribution is 2.23. The van der Waals surface area contributed by atoms with Crippen LogP contribution in [0.3, 0.4) is 0 Å². The number of aromatic amines is 1. The third kappa shape index (κ3) is 1.68. The fourth-order valence-corrected chi connectivity index (χ4v) is 1.90. The van der Waals surface area contributed by atoms with E-state index in [1.807, 2.05) is 25.3 Å². The molecular weight excluding hydrogens is 178 g/mol. The summed E-state index contributed by atoms with van der Waals surface area (Å²) in [5.74, 6) is 0. The Balaban J connectivity index is 2.14. The quantitative estimate of drug-likeness (QED) is 0.626. The van der Waals surface area contributed by atoms with E-state index in [1.165, 1.54) is 0 Å². The van der Waals surface area contributed by atoms with E-state index < -0.39 is 5.72 Å². The third-order valence-corrected chi connectivity index (χ3v) is 2.84. The highest BCUT2D eigenvalue weighted by molar-refractivity contribution is 5.12. The molecule has 0 amide bonds. The first-order valence-electron chi connectivity index (χ1n) is 5.03. The lowest BCUT2D eigenvalue weighted by molar-refractivity contribution is -0.108. The molecule has 2 rings (SSSR count). The van der Waals surface area contributed by atoms with Gasteiger partial charge in [0.05, 0.1) is 5.69 Å². The molecule has 1 aromatic heterocycles. The highest BCUT2D eigenvalue weighted by Gasteiger charge is 2.32. The molecule has 1 fully saturated rings. The Morgan fingerprint density at radius 3 is 2.71 bits per heavy atom. The summed E-state index contributed by atoms with van der Waals surface area (Å²) in [6, 6.07) is 3.83. The molecule has 3 N–H and O–H groups in total. The molecule has 0 spiro atoms. The Bertz CT molecular complexity index is 276. The zero-order valence-corrected chi connectivity index (χ0v) is 8.45. The molecule has 4 nitrogen and oxygen atoms in total. The van der Waals surface area contributed by atoms with Crippen molar-refractivity contribution in [3.8, 4) is 0 Å². The summed E-state index contributed by atoms with van der Waals surface area (Å²) in [5.41, 5.74) is -0.00889. The smallest absolute Gasteiger partial charge is 0.156 e. The number of nitrogens with one attached hydrogen (secondary N) is 2. The fourth-order valence-electron chi connectivity index (χ4n) is 1.90. The molecule has 0 aromatic carbocycles. The number of aliphatic hydroxyl groups is 1. The number of piperazine rings is 1. The molecule has 1 aliphatic rings. The molecular formula is C10H17N3O. The minimum atomic E-state index is -0.869. The van der Waals surface area contributed by atoms with Gasteiger partial charge in [0.1, 0.15) is 0 Å².